The van der Waals surface area contributed by atoms with Crippen LogP contribution in [0.25, 0.3) is 10.4 Å². The lowest BCUT2D eigenvalue weighted by molar-refractivity contribution is 1.02. The molecule has 0 aliphatic rings. The van der Waals surface area contributed by atoms with Crippen LogP contribution in [0.4, 0.5) is 5.82 Å². The minimum Gasteiger partial charge on any atom is -0.260 e. The minimum atomic E-state index is 0.354. The molecule has 3 rings (SSSR count). The van der Waals surface area contributed by atoms with E-state index in [2.05, 4.69) is 54.9 Å². The van der Waals surface area contributed by atoms with Crippen LogP contribution < -0.4 is 5.43 Å². The van der Waals surface area contributed by atoms with Crippen LogP contribution in [0.5, 0.6) is 0 Å². The molecule has 0 aliphatic heterocycles. The molecule has 7 heteroatoms. The Morgan fingerprint density at radius 3 is 2.70 bits per heavy atom. The summed E-state index contributed by atoms with van der Waals surface area (Å²) in [7, 11) is 0. The predicted molar refractivity (Wildman–Crippen MR) is 100 cm³/mol. The fraction of sp³-hybridized carbons (Fsp3) is 0.0625. The van der Waals surface area contributed by atoms with Gasteiger partial charge in [0.2, 0.25) is 0 Å². The van der Waals surface area contributed by atoms with E-state index in [1.54, 1.807) is 23.5 Å². The largest absolute Gasteiger partial charge is 0.260 e. The molecule has 2 heterocycles. The lowest BCUT2D eigenvalue weighted by atomic mass is 10.2. The number of nitrogens with zero attached hydrogens (tertiary/aromatic N) is 3. The first-order valence-electron chi connectivity index (χ1n) is 6.78. The number of hydrogen-bond acceptors (Lipinski definition) is 5. The highest BCUT2D eigenvalue weighted by Crippen LogP contribution is 2.33. The predicted octanol–water partition coefficient (Wildman–Crippen LogP) is 5.46. The van der Waals surface area contributed by atoms with Crippen molar-refractivity contribution in [3.63, 3.8) is 0 Å². The fourth-order valence-corrected chi connectivity index (χ4v) is 3.63. The molecule has 1 aromatic carbocycles. The molecular formula is C16H12BrClN4S. The molecule has 0 aliphatic carbocycles. The highest BCUT2D eigenvalue weighted by atomic mass is 79.9. The SMILES string of the molecule is CC(=NNc1ccc(Cl)nn1)c1ccc(-c2ccccc2Br)s1. The Labute approximate surface area is 151 Å². The average molecular weight is 408 g/mol. The molecule has 0 spiro atoms. The van der Waals surface area contributed by atoms with Gasteiger partial charge in [0.05, 0.1) is 10.6 Å². The lowest BCUT2D eigenvalue weighted by Gasteiger charge is -2.01. The van der Waals surface area contributed by atoms with Crippen molar-refractivity contribution in [2.45, 2.75) is 6.92 Å². The molecule has 2 aromatic heterocycles. The molecule has 4 nitrogen and oxygen atoms in total. The van der Waals surface area contributed by atoms with Gasteiger partial charge in [-0.15, -0.1) is 21.5 Å². The molecule has 3 aromatic rings. The maximum absolute atomic E-state index is 5.70. The second-order valence-corrected chi connectivity index (χ2v) is 7.02. The Balaban J connectivity index is 1.78. The van der Waals surface area contributed by atoms with Gasteiger partial charge in [-0.05, 0) is 37.3 Å². The molecule has 23 heavy (non-hydrogen) atoms. The molecule has 0 bridgehead atoms. The van der Waals surface area contributed by atoms with Crippen LogP contribution in [0.3, 0.4) is 0 Å². The topological polar surface area (TPSA) is 50.2 Å². The zero-order valence-electron chi connectivity index (χ0n) is 12.1. The maximum atomic E-state index is 5.70. The van der Waals surface area contributed by atoms with Crippen molar-refractivity contribution in [1.29, 1.82) is 0 Å². The van der Waals surface area contributed by atoms with E-state index in [0.29, 0.717) is 11.0 Å². The fourth-order valence-electron chi connectivity index (χ4n) is 1.91. The van der Waals surface area contributed by atoms with Crippen molar-refractivity contribution in [2.75, 3.05) is 5.43 Å². The third-order valence-corrected chi connectivity index (χ3v) is 5.19. The van der Waals surface area contributed by atoms with Gasteiger partial charge in [-0.1, -0.05) is 45.7 Å². The average Bonchev–Trinajstić information content (AvgIpc) is 3.04. The van der Waals surface area contributed by atoms with Gasteiger partial charge in [0.1, 0.15) is 0 Å². The second kappa shape index (κ2) is 7.21. The first kappa shape index (κ1) is 16.1. The summed E-state index contributed by atoms with van der Waals surface area (Å²) in [4.78, 5) is 2.28. The van der Waals surface area contributed by atoms with Crippen molar-refractivity contribution in [3.8, 4) is 10.4 Å². The molecule has 1 N–H and O–H groups in total. The van der Waals surface area contributed by atoms with E-state index in [9.17, 15) is 0 Å². The number of halogens is 2. The molecule has 0 amide bonds. The van der Waals surface area contributed by atoms with Gasteiger partial charge < -0.3 is 0 Å². The van der Waals surface area contributed by atoms with E-state index < -0.39 is 0 Å². The van der Waals surface area contributed by atoms with E-state index in [0.717, 1.165) is 15.1 Å². The Kier molecular flexibility index (Phi) is 5.05. The van der Waals surface area contributed by atoms with E-state index in [-0.39, 0.29) is 0 Å². The van der Waals surface area contributed by atoms with Crippen LogP contribution in [0, 0.1) is 0 Å². The van der Waals surface area contributed by atoms with Crippen LogP contribution in [0.1, 0.15) is 11.8 Å². The third-order valence-electron chi connectivity index (χ3n) is 3.07. The van der Waals surface area contributed by atoms with Gasteiger partial charge in [0.25, 0.3) is 0 Å². The summed E-state index contributed by atoms with van der Waals surface area (Å²) in [5.41, 5.74) is 4.94. The van der Waals surface area contributed by atoms with Gasteiger partial charge in [-0.25, -0.2) is 0 Å². The van der Waals surface area contributed by atoms with Gasteiger partial charge >= 0.3 is 0 Å². The molecule has 0 radical (unpaired) electrons. The zero-order chi connectivity index (χ0) is 16.2. The van der Waals surface area contributed by atoms with Crippen LogP contribution in [0.2, 0.25) is 5.15 Å². The normalized spacial score (nSPS) is 11.5. The van der Waals surface area contributed by atoms with Crippen molar-refractivity contribution in [1.82, 2.24) is 10.2 Å². The van der Waals surface area contributed by atoms with E-state index in [4.69, 9.17) is 11.6 Å². The Hall–Kier alpha value is -1.76. The molecule has 0 fully saturated rings. The number of nitrogens with one attached hydrogen (secondary N) is 1. The standard InChI is InChI=1S/C16H12BrClN4S/c1-10(19-21-16-9-8-15(18)20-22-16)13-6-7-14(23-13)11-4-2-3-5-12(11)17/h2-9H,1H3,(H,21,22). The van der Waals surface area contributed by atoms with Crippen molar-refractivity contribution >= 4 is 50.4 Å². The molecule has 0 saturated carbocycles. The van der Waals surface area contributed by atoms with Gasteiger partial charge in [0.15, 0.2) is 11.0 Å². The van der Waals surface area contributed by atoms with Gasteiger partial charge in [-0.3, -0.25) is 5.43 Å². The van der Waals surface area contributed by atoms with Crippen LogP contribution in [0.15, 0.2) is 58.1 Å². The monoisotopic (exact) mass is 406 g/mol. The van der Waals surface area contributed by atoms with Crippen LogP contribution in [-0.2, 0) is 0 Å². The number of aromatic nitrogens is 2. The van der Waals surface area contributed by atoms with E-state index in [1.807, 2.05) is 25.1 Å². The van der Waals surface area contributed by atoms with Crippen LogP contribution in [-0.4, -0.2) is 15.9 Å². The Morgan fingerprint density at radius 2 is 1.96 bits per heavy atom. The summed E-state index contributed by atoms with van der Waals surface area (Å²) < 4.78 is 1.08. The number of hydrogen-bond donors (Lipinski definition) is 1. The van der Waals surface area contributed by atoms with Gasteiger partial charge in [-0.2, -0.15) is 5.10 Å². The molecule has 0 unspecified atom stereocenters. The highest BCUT2D eigenvalue weighted by molar-refractivity contribution is 9.10. The number of anilines is 1. The number of hydrazone groups is 1. The molecule has 0 atom stereocenters. The van der Waals surface area contributed by atoms with E-state index in [1.165, 1.54) is 10.4 Å². The Morgan fingerprint density at radius 1 is 1.13 bits per heavy atom. The maximum Gasteiger partial charge on any atom is 0.168 e. The lowest BCUT2D eigenvalue weighted by Crippen LogP contribution is -1.99. The summed E-state index contributed by atoms with van der Waals surface area (Å²) in [6.45, 7) is 1.95. The quantitative estimate of drug-likeness (QED) is 0.461. The zero-order valence-corrected chi connectivity index (χ0v) is 15.3. The summed E-state index contributed by atoms with van der Waals surface area (Å²) in [6, 6.07) is 15.7. The van der Waals surface area contributed by atoms with Gasteiger partial charge in [0, 0.05) is 14.9 Å². The second-order valence-electron chi connectivity index (χ2n) is 4.69. The summed E-state index contributed by atoms with van der Waals surface area (Å²) in [5.74, 6) is 0.552. The summed E-state index contributed by atoms with van der Waals surface area (Å²) in [6.07, 6.45) is 0. The number of thiophene rings is 1. The highest BCUT2D eigenvalue weighted by Gasteiger charge is 2.08. The minimum absolute atomic E-state index is 0.354. The number of rotatable bonds is 4. The van der Waals surface area contributed by atoms with E-state index >= 15 is 0 Å². The number of benzene rings is 1. The van der Waals surface area contributed by atoms with Crippen molar-refractivity contribution in [2.24, 2.45) is 5.10 Å². The molecule has 116 valence electrons. The van der Waals surface area contributed by atoms with Crippen LogP contribution >= 0.6 is 38.9 Å². The molecular weight excluding hydrogens is 396 g/mol. The Bertz CT molecular complexity index is 845. The summed E-state index contributed by atoms with van der Waals surface area (Å²) in [5, 5.41) is 12.4. The summed E-state index contributed by atoms with van der Waals surface area (Å²) >= 11 is 11.0. The van der Waals surface area contributed by atoms with Crippen molar-refractivity contribution < 1.29 is 0 Å². The van der Waals surface area contributed by atoms with Crippen molar-refractivity contribution in [3.05, 3.63) is 63.0 Å². The first-order valence-corrected chi connectivity index (χ1v) is 8.77. The smallest absolute Gasteiger partial charge is 0.168 e. The third kappa shape index (κ3) is 3.96. The molecule has 0 saturated heterocycles. The first-order chi connectivity index (χ1) is 11.1.